The second kappa shape index (κ2) is 6.23. The number of rotatable bonds is 2. The average molecular weight is 265 g/mol. The molecule has 0 aromatic heterocycles. The molecule has 3 aliphatic heterocycles. The molecule has 4 heteroatoms. The second-order valence-corrected chi connectivity index (χ2v) is 6.52. The Labute approximate surface area is 116 Å². The molecule has 1 N–H and O–H groups in total. The van der Waals surface area contributed by atoms with Gasteiger partial charge in [0, 0.05) is 26.2 Å². The highest BCUT2D eigenvalue weighted by atomic mass is 16.2. The van der Waals surface area contributed by atoms with Gasteiger partial charge in [-0.05, 0) is 37.8 Å². The molecule has 2 atom stereocenters. The Hall–Kier alpha value is -0.610. The summed E-state index contributed by atoms with van der Waals surface area (Å²) in [4.78, 5) is 16.9. The number of amides is 1. The van der Waals surface area contributed by atoms with Crippen LogP contribution in [0, 0.1) is 11.8 Å². The number of fused-ring (bicyclic) bond motifs is 1. The van der Waals surface area contributed by atoms with Crippen molar-refractivity contribution < 1.29 is 4.79 Å². The molecule has 3 fully saturated rings. The minimum absolute atomic E-state index is 0.370. The molecule has 1 amide bonds. The molecule has 0 aromatic carbocycles. The number of likely N-dealkylation sites (tertiary alicyclic amines) is 2. The first-order valence-corrected chi connectivity index (χ1v) is 8.04. The molecule has 3 aliphatic rings. The molecular formula is C15H27N3O. The Morgan fingerprint density at radius 1 is 0.947 bits per heavy atom. The van der Waals surface area contributed by atoms with Gasteiger partial charge in [-0.2, -0.15) is 0 Å². The van der Waals surface area contributed by atoms with Crippen molar-refractivity contribution >= 4 is 5.91 Å². The van der Waals surface area contributed by atoms with Crippen LogP contribution in [0.4, 0.5) is 0 Å². The molecule has 0 spiro atoms. The highest BCUT2D eigenvalue weighted by molar-refractivity contribution is 5.78. The molecule has 3 saturated heterocycles. The lowest BCUT2D eigenvalue weighted by Crippen LogP contribution is -2.41. The van der Waals surface area contributed by atoms with E-state index >= 15 is 0 Å². The smallest absolute Gasteiger partial charge is 0.236 e. The third-order valence-corrected chi connectivity index (χ3v) is 5.03. The van der Waals surface area contributed by atoms with Crippen molar-refractivity contribution in [1.82, 2.24) is 15.1 Å². The molecule has 0 bridgehead atoms. The van der Waals surface area contributed by atoms with Crippen LogP contribution in [0.3, 0.4) is 0 Å². The van der Waals surface area contributed by atoms with Gasteiger partial charge in [0.1, 0.15) is 0 Å². The summed E-state index contributed by atoms with van der Waals surface area (Å²) in [6.07, 6.45) is 6.33. The topological polar surface area (TPSA) is 35.6 Å². The first kappa shape index (κ1) is 13.4. The fraction of sp³-hybridized carbons (Fsp3) is 0.933. The summed E-state index contributed by atoms with van der Waals surface area (Å²) in [5, 5.41) is 3.45. The molecule has 3 heterocycles. The minimum atomic E-state index is 0.370. The third-order valence-electron chi connectivity index (χ3n) is 5.03. The van der Waals surface area contributed by atoms with Gasteiger partial charge in [0.2, 0.25) is 5.91 Å². The minimum Gasteiger partial charge on any atom is -0.342 e. The van der Waals surface area contributed by atoms with Crippen LogP contribution in [0.2, 0.25) is 0 Å². The van der Waals surface area contributed by atoms with Gasteiger partial charge < -0.3 is 10.2 Å². The summed E-state index contributed by atoms with van der Waals surface area (Å²) >= 11 is 0. The molecule has 0 saturated carbocycles. The zero-order valence-corrected chi connectivity index (χ0v) is 11.9. The predicted octanol–water partition coefficient (Wildman–Crippen LogP) is 0.930. The quantitative estimate of drug-likeness (QED) is 0.807. The Morgan fingerprint density at radius 2 is 1.53 bits per heavy atom. The summed E-state index contributed by atoms with van der Waals surface area (Å²) < 4.78 is 0. The van der Waals surface area contributed by atoms with Crippen molar-refractivity contribution in [3.8, 4) is 0 Å². The lowest BCUT2D eigenvalue weighted by Gasteiger charge is -2.27. The molecule has 0 aliphatic carbocycles. The van der Waals surface area contributed by atoms with Gasteiger partial charge >= 0.3 is 0 Å². The van der Waals surface area contributed by atoms with Gasteiger partial charge in [-0.25, -0.2) is 0 Å². The molecule has 0 radical (unpaired) electrons. The van der Waals surface area contributed by atoms with Gasteiger partial charge in [-0.15, -0.1) is 0 Å². The Kier molecular flexibility index (Phi) is 4.38. The Balaban J connectivity index is 1.47. The average Bonchev–Trinajstić information content (AvgIpc) is 2.88. The van der Waals surface area contributed by atoms with Crippen molar-refractivity contribution in [1.29, 1.82) is 0 Å². The van der Waals surface area contributed by atoms with Gasteiger partial charge in [0.25, 0.3) is 0 Å². The maximum atomic E-state index is 12.4. The maximum absolute atomic E-state index is 12.4. The standard InChI is InChI=1S/C15H27N3O/c19-15(18-6-4-2-1-3-5-7-18)12-17-10-13-8-16-9-14(13)11-17/h13-14,16H,1-12H2/t13-,14+. The zero-order valence-electron chi connectivity index (χ0n) is 11.9. The van der Waals surface area contributed by atoms with E-state index < -0.39 is 0 Å². The predicted molar refractivity (Wildman–Crippen MR) is 76.0 cm³/mol. The highest BCUT2D eigenvalue weighted by Crippen LogP contribution is 2.26. The summed E-state index contributed by atoms with van der Waals surface area (Å²) in [5.74, 6) is 1.95. The third kappa shape index (κ3) is 3.29. The van der Waals surface area contributed by atoms with Gasteiger partial charge in [0.05, 0.1) is 6.54 Å². The van der Waals surface area contributed by atoms with Crippen LogP contribution in [-0.4, -0.2) is 61.5 Å². The monoisotopic (exact) mass is 265 g/mol. The molecule has 3 rings (SSSR count). The number of hydrogen-bond acceptors (Lipinski definition) is 3. The van der Waals surface area contributed by atoms with Crippen molar-refractivity contribution in [3.63, 3.8) is 0 Å². The van der Waals surface area contributed by atoms with E-state index in [9.17, 15) is 4.79 Å². The van der Waals surface area contributed by atoms with Gasteiger partial charge in [-0.1, -0.05) is 19.3 Å². The van der Waals surface area contributed by atoms with Crippen LogP contribution in [0.25, 0.3) is 0 Å². The molecule has 0 unspecified atom stereocenters. The van der Waals surface area contributed by atoms with Crippen molar-refractivity contribution in [2.45, 2.75) is 32.1 Å². The van der Waals surface area contributed by atoms with Crippen molar-refractivity contribution in [2.75, 3.05) is 45.8 Å². The van der Waals surface area contributed by atoms with E-state index in [4.69, 9.17) is 0 Å². The van der Waals surface area contributed by atoms with Crippen LogP contribution in [-0.2, 0) is 4.79 Å². The number of nitrogens with zero attached hydrogens (tertiary/aromatic N) is 2. The highest BCUT2D eigenvalue weighted by Gasteiger charge is 2.36. The SMILES string of the molecule is O=C(CN1C[C@H]2CNC[C@H]2C1)N1CCCCCCC1. The van der Waals surface area contributed by atoms with Crippen LogP contribution in [0.5, 0.6) is 0 Å². The number of hydrogen-bond donors (Lipinski definition) is 1. The van der Waals surface area contributed by atoms with Crippen molar-refractivity contribution in [2.24, 2.45) is 11.8 Å². The van der Waals surface area contributed by atoms with Gasteiger partial charge in [-0.3, -0.25) is 9.69 Å². The van der Waals surface area contributed by atoms with E-state index in [0.717, 1.165) is 51.1 Å². The summed E-state index contributed by atoms with van der Waals surface area (Å²) in [7, 11) is 0. The molecule has 108 valence electrons. The second-order valence-electron chi connectivity index (χ2n) is 6.52. The van der Waals surface area contributed by atoms with E-state index in [2.05, 4.69) is 15.1 Å². The van der Waals surface area contributed by atoms with E-state index in [-0.39, 0.29) is 0 Å². The van der Waals surface area contributed by atoms with Crippen LogP contribution < -0.4 is 5.32 Å². The van der Waals surface area contributed by atoms with Crippen LogP contribution in [0.1, 0.15) is 32.1 Å². The van der Waals surface area contributed by atoms with E-state index in [1.165, 1.54) is 32.1 Å². The van der Waals surface area contributed by atoms with Crippen molar-refractivity contribution in [3.05, 3.63) is 0 Å². The number of carbonyl (C=O) groups is 1. The Bertz CT molecular complexity index is 301. The Morgan fingerprint density at radius 3 is 2.16 bits per heavy atom. The maximum Gasteiger partial charge on any atom is 0.236 e. The van der Waals surface area contributed by atoms with Crippen LogP contribution in [0.15, 0.2) is 0 Å². The van der Waals surface area contributed by atoms with E-state index in [1.54, 1.807) is 0 Å². The lowest BCUT2D eigenvalue weighted by molar-refractivity contribution is -0.132. The first-order chi connectivity index (χ1) is 9.33. The van der Waals surface area contributed by atoms with Crippen LogP contribution >= 0.6 is 0 Å². The van der Waals surface area contributed by atoms with E-state index in [0.29, 0.717) is 12.5 Å². The van der Waals surface area contributed by atoms with Gasteiger partial charge in [0.15, 0.2) is 0 Å². The van der Waals surface area contributed by atoms with E-state index in [1.807, 2.05) is 0 Å². The summed E-state index contributed by atoms with van der Waals surface area (Å²) in [5.41, 5.74) is 0. The molecule has 4 nitrogen and oxygen atoms in total. The first-order valence-electron chi connectivity index (χ1n) is 8.04. The normalized spacial score (nSPS) is 32.9. The summed E-state index contributed by atoms with van der Waals surface area (Å²) in [6, 6.07) is 0. The summed E-state index contributed by atoms with van der Waals surface area (Å²) in [6.45, 7) is 7.18. The number of carbonyl (C=O) groups excluding carboxylic acids is 1. The molecule has 0 aromatic rings. The molecular weight excluding hydrogens is 238 g/mol. The number of nitrogens with one attached hydrogen (secondary N) is 1. The largest absolute Gasteiger partial charge is 0.342 e. The lowest BCUT2D eigenvalue weighted by atomic mass is 10.0. The fourth-order valence-electron chi connectivity index (χ4n) is 3.87. The fourth-order valence-corrected chi connectivity index (χ4v) is 3.87. The zero-order chi connectivity index (χ0) is 13.1. The molecule has 19 heavy (non-hydrogen) atoms.